The van der Waals surface area contributed by atoms with Gasteiger partial charge in [0, 0.05) is 12.8 Å². The van der Waals surface area contributed by atoms with E-state index >= 15 is 0 Å². The van der Waals surface area contributed by atoms with E-state index in [0.717, 1.165) is 35.8 Å². The van der Waals surface area contributed by atoms with Crippen molar-refractivity contribution in [2.45, 2.75) is 72.0 Å². The van der Waals surface area contributed by atoms with Crippen LogP contribution in [0.4, 0.5) is 34.5 Å². The van der Waals surface area contributed by atoms with Gasteiger partial charge in [0.2, 0.25) is 19.6 Å². The molecule has 0 saturated carbocycles. The first-order chi connectivity index (χ1) is 22.8. The van der Waals surface area contributed by atoms with Gasteiger partial charge in [-0.3, -0.25) is 0 Å². The van der Waals surface area contributed by atoms with Crippen molar-refractivity contribution in [1.82, 2.24) is 0 Å². The van der Waals surface area contributed by atoms with Crippen LogP contribution < -0.4 is 9.47 Å². The number of fused-ring (bicyclic) bond motifs is 4. The van der Waals surface area contributed by atoms with E-state index in [1.54, 1.807) is 9.81 Å². The van der Waals surface area contributed by atoms with Gasteiger partial charge in [0.15, 0.2) is 32.8 Å². The van der Waals surface area contributed by atoms with E-state index in [0.29, 0.717) is 0 Å². The zero-order chi connectivity index (χ0) is 34.9. The average molecular weight is 712 g/mol. The van der Waals surface area contributed by atoms with Crippen LogP contribution in [0.15, 0.2) is 126 Å². The summed E-state index contributed by atoms with van der Waals surface area (Å²) in [5.74, 6) is 3.98. The van der Waals surface area contributed by atoms with Gasteiger partial charge in [-0.2, -0.15) is 0 Å². The molecule has 0 saturated heterocycles. The first-order valence-corrected chi connectivity index (χ1v) is 17.9. The van der Waals surface area contributed by atoms with Crippen LogP contribution in [0.3, 0.4) is 0 Å². The molecule has 256 valence electrons. The smallest absolute Gasteiger partial charge is 0.447 e. The molecule has 0 aliphatic carbocycles. The minimum atomic E-state index is -6.00. The Kier molecular flexibility index (Phi) is 13.0. The van der Waals surface area contributed by atoms with Crippen LogP contribution in [0.1, 0.15) is 52.4 Å². The maximum atomic E-state index is 9.75. The van der Waals surface area contributed by atoms with E-state index < -0.39 is 14.5 Å². The highest BCUT2D eigenvalue weighted by atomic mass is 32.2. The summed E-state index contributed by atoms with van der Waals surface area (Å²) in [6.07, 6.45) is 6.89. The Morgan fingerprint density at radius 3 is 0.917 bits per heavy atom. The van der Waals surface area contributed by atoms with Crippen LogP contribution >= 0.6 is 0 Å². The second-order valence-corrected chi connectivity index (χ2v) is 14.6. The van der Waals surface area contributed by atoms with E-state index in [9.17, 15) is 34.5 Å². The second kappa shape index (κ2) is 16.7. The van der Waals surface area contributed by atoms with Gasteiger partial charge >= 0.3 is 14.5 Å². The predicted octanol–water partition coefficient (Wildman–Crippen LogP) is 12.9. The Hall–Kier alpha value is -3.51. The molecule has 0 amide bonds. The Morgan fingerprint density at radius 1 is 0.458 bits per heavy atom. The van der Waals surface area contributed by atoms with Crippen LogP contribution in [0.25, 0.3) is 0 Å². The fourth-order valence-electron chi connectivity index (χ4n) is 5.20. The molecular weight excluding hydrogens is 678 g/mol. The van der Waals surface area contributed by atoms with Crippen LogP contribution in [0.2, 0.25) is 0 Å². The van der Waals surface area contributed by atoms with Gasteiger partial charge in [0.1, 0.15) is 21.8 Å². The van der Waals surface area contributed by atoms with Crippen LogP contribution in [-0.4, -0.2) is 14.5 Å². The fraction of sp³-hybridized carbons (Fsp3) is 0.235. The van der Waals surface area contributed by atoms with E-state index in [1.165, 1.54) is 45.3 Å². The highest BCUT2D eigenvalue weighted by molar-refractivity contribution is 8.04. The number of hydrogen-bond donors (Lipinski definition) is 0. The molecule has 4 aromatic rings. The molecule has 0 aromatic heterocycles. The van der Waals surface area contributed by atoms with Crippen molar-refractivity contribution in [3.05, 3.63) is 107 Å². The van der Waals surface area contributed by atoms with E-state index in [-0.39, 0.29) is 21.8 Å². The maximum absolute atomic E-state index is 9.75. The fourth-order valence-corrected chi connectivity index (χ4v) is 10.7. The van der Waals surface area contributed by atoms with Gasteiger partial charge in [0.25, 0.3) is 0 Å². The molecule has 6 rings (SSSR count). The van der Waals surface area contributed by atoms with Crippen LogP contribution in [-0.2, 0) is 21.8 Å². The number of ether oxygens (including phenoxy) is 2. The molecule has 48 heavy (non-hydrogen) atoms. The second-order valence-electron chi connectivity index (χ2n) is 10.6. The molecule has 2 aliphatic rings. The molecule has 0 spiro atoms. The molecular formula is C34H34B2F8O2S2. The van der Waals surface area contributed by atoms with Gasteiger partial charge in [-0.15, -0.1) is 0 Å². The number of unbranched alkanes of at least 4 members (excludes halogenated alkanes) is 2. The third-order valence-electron chi connectivity index (χ3n) is 7.03. The predicted molar refractivity (Wildman–Crippen MR) is 180 cm³/mol. The van der Waals surface area contributed by atoms with Crippen molar-refractivity contribution in [3.63, 3.8) is 0 Å². The van der Waals surface area contributed by atoms with Gasteiger partial charge < -0.3 is 44.0 Å². The summed E-state index contributed by atoms with van der Waals surface area (Å²) in [5, 5.41) is 0. The molecule has 0 atom stereocenters. The van der Waals surface area contributed by atoms with Crippen molar-refractivity contribution in [1.29, 1.82) is 0 Å². The number of benzene rings is 4. The molecule has 4 aromatic carbocycles. The molecule has 2 heterocycles. The molecule has 0 unspecified atom stereocenters. The van der Waals surface area contributed by atoms with Crippen molar-refractivity contribution in [2.24, 2.45) is 0 Å². The average Bonchev–Trinajstić information content (AvgIpc) is 3.03. The maximum Gasteiger partial charge on any atom is 0.673 e. The minimum Gasteiger partial charge on any atom is -0.447 e. The first-order valence-electron chi connectivity index (χ1n) is 15.5. The van der Waals surface area contributed by atoms with E-state index in [1.807, 2.05) is 0 Å². The Labute approximate surface area is 281 Å². The highest BCUT2D eigenvalue weighted by Gasteiger charge is 2.49. The zero-order valence-electron chi connectivity index (χ0n) is 26.3. The van der Waals surface area contributed by atoms with Crippen LogP contribution in [0, 0.1) is 0 Å². The quantitative estimate of drug-likeness (QED) is 0.103. The molecule has 2 nitrogen and oxygen atoms in total. The summed E-state index contributed by atoms with van der Waals surface area (Å²) in [6, 6.07) is 34.7. The van der Waals surface area contributed by atoms with E-state index in [4.69, 9.17) is 9.47 Å². The van der Waals surface area contributed by atoms with Crippen LogP contribution in [0.5, 0.6) is 23.0 Å². The Morgan fingerprint density at radius 2 is 0.688 bits per heavy atom. The van der Waals surface area contributed by atoms with E-state index in [2.05, 4.69) is 111 Å². The number of allylic oxidation sites excluding steroid dienone is 2. The summed E-state index contributed by atoms with van der Waals surface area (Å²) in [5.41, 5.74) is 0. The minimum absolute atomic E-state index is 0.202. The lowest BCUT2D eigenvalue weighted by atomic mass is 10.2. The SMILES string of the molecule is CCCC/C(=C(/CCCC)[S+]1c2ccccc2Oc2ccccc21)[S+]1c2ccccc2Oc2ccccc21.F[B-](F)(F)F.F[B-](F)(F)F. The first kappa shape index (κ1) is 37.3. The number of halogens is 8. The number of para-hydroxylation sites is 4. The molecule has 0 bridgehead atoms. The summed E-state index contributed by atoms with van der Waals surface area (Å²) < 4.78 is 90.9. The highest BCUT2D eigenvalue weighted by Crippen LogP contribution is 2.53. The lowest BCUT2D eigenvalue weighted by Crippen LogP contribution is -2.21. The van der Waals surface area contributed by atoms with Gasteiger partial charge in [0.05, 0.1) is 0 Å². The summed E-state index contributed by atoms with van der Waals surface area (Å²) in [6.45, 7) is 4.61. The Bertz CT molecular complexity index is 1470. The van der Waals surface area contributed by atoms with Gasteiger partial charge in [-0.05, 0) is 61.4 Å². The van der Waals surface area contributed by atoms with Crippen molar-refractivity contribution in [2.75, 3.05) is 0 Å². The van der Waals surface area contributed by atoms with Crippen molar-refractivity contribution < 1.29 is 44.0 Å². The molecule has 2 aliphatic heterocycles. The molecule has 0 fully saturated rings. The topological polar surface area (TPSA) is 18.5 Å². The summed E-state index contributed by atoms with van der Waals surface area (Å²) >= 11 is 0. The van der Waals surface area contributed by atoms with Crippen molar-refractivity contribution in [3.8, 4) is 23.0 Å². The molecule has 0 N–H and O–H groups in total. The number of rotatable bonds is 8. The monoisotopic (exact) mass is 712 g/mol. The summed E-state index contributed by atoms with van der Waals surface area (Å²) in [7, 11) is -12.4. The molecule has 14 heteroatoms. The molecule has 0 radical (unpaired) electrons. The largest absolute Gasteiger partial charge is 0.673 e. The zero-order valence-corrected chi connectivity index (χ0v) is 27.9. The van der Waals surface area contributed by atoms with Gasteiger partial charge in [-0.1, -0.05) is 75.2 Å². The lowest BCUT2D eigenvalue weighted by Gasteiger charge is -2.24. The third-order valence-corrected chi connectivity index (χ3v) is 12.2. The number of hydrogen-bond acceptors (Lipinski definition) is 2. The Balaban J connectivity index is 0.000000458. The van der Waals surface area contributed by atoms with Gasteiger partial charge in [-0.25, -0.2) is 0 Å². The summed E-state index contributed by atoms with van der Waals surface area (Å²) in [4.78, 5) is 8.43. The lowest BCUT2D eigenvalue weighted by molar-refractivity contribution is 0.366. The normalized spacial score (nSPS) is 14.2. The third kappa shape index (κ3) is 10.2. The van der Waals surface area contributed by atoms with Crippen molar-refractivity contribution >= 4 is 36.3 Å². The standard InChI is InChI=1S/C34H34O2S2.2BF4/c1-3-5-19-33(37-29-21-11-7-15-25(29)35-26-16-8-12-22-30(26)37)34(20-6-4-2)38-31-23-13-9-17-27(31)36-28-18-10-14-24-32(28)38;2*2-1(3,4)5/h7-18,21-24H,3-6,19-20H2,1-2H3;;/q+2;2*-1/b34-33+;;.